The molecule has 10 heavy (non-hydrogen) atoms. The topological polar surface area (TPSA) is 29.1 Å². The van der Waals surface area contributed by atoms with Gasteiger partial charge in [-0.2, -0.15) is 0 Å². The molecular formula is C8H15NO. The summed E-state index contributed by atoms with van der Waals surface area (Å²) in [6.45, 7) is 3.07. The van der Waals surface area contributed by atoms with Crippen LogP contribution in [0.4, 0.5) is 0 Å². The third-order valence-corrected chi connectivity index (χ3v) is 2.05. The van der Waals surface area contributed by atoms with Gasteiger partial charge in [0.15, 0.2) is 0 Å². The Morgan fingerprint density at radius 1 is 1.70 bits per heavy atom. The van der Waals surface area contributed by atoms with Gasteiger partial charge in [0, 0.05) is 13.0 Å². The van der Waals surface area contributed by atoms with Gasteiger partial charge in [-0.05, 0) is 12.3 Å². The molecule has 1 N–H and O–H groups in total. The Balaban J connectivity index is 2.25. The van der Waals surface area contributed by atoms with Crippen molar-refractivity contribution in [2.24, 2.45) is 5.92 Å². The second kappa shape index (κ2) is 3.59. The van der Waals surface area contributed by atoms with Gasteiger partial charge < -0.3 is 5.32 Å². The molecule has 58 valence electrons. The van der Waals surface area contributed by atoms with Crippen molar-refractivity contribution in [1.29, 1.82) is 0 Å². The second-order valence-corrected chi connectivity index (χ2v) is 3.00. The predicted molar refractivity (Wildman–Crippen MR) is 40.6 cm³/mol. The number of piperidine rings is 1. The second-order valence-electron chi connectivity index (χ2n) is 3.00. The Labute approximate surface area is 62.0 Å². The molecular weight excluding hydrogens is 126 g/mol. The molecule has 1 atom stereocenters. The summed E-state index contributed by atoms with van der Waals surface area (Å²) in [5.41, 5.74) is 0. The lowest BCUT2D eigenvalue weighted by molar-refractivity contribution is -0.123. The molecule has 1 amide bonds. The molecule has 0 saturated carbocycles. The molecule has 0 aromatic carbocycles. The summed E-state index contributed by atoms with van der Waals surface area (Å²) in [6.07, 6.45) is 4.36. The third kappa shape index (κ3) is 2.01. The summed E-state index contributed by atoms with van der Waals surface area (Å²) in [5, 5.41) is 2.83. The number of amides is 1. The van der Waals surface area contributed by atoms with Crippen molar-refractivity contribution in [1.82, 2.24) is 5.32 Å². The maximum Gasteiger partial charge on any atom is 0.220 e. The maximum atomic E-state index is 10.8. The number of nitrogens with one attached hydrogen (secondary N) is 1. The summed E-state index contributed by atoms with van der Waals surface area (Å²) < 4.78 is 0. The summed E-state index contributed by atoms with van der Waals surface area (Å²) in [7, 11) is 0. The van der Waals surface area contributed by atoms with Gasteiger partial charge >= 0.3 is 0 Å². The van der Waals surface area contributed by atoms with Gasteiger partial charge in [0.05, 0.1) is 0 Å². The molecule has 2 heteroatoms. The van der Waals surface area contributed by atoms with E-state index < -0.39 is 0 Å². The zero-order valence-electron chi connectivity index (χ0n) is 6.52. The van der Waals surface area contributed by atoms with E-state index in [2.05, 4.69) is 12.2 Å². The van der Waals surface area contributed by atoms with E-state index in [4.69, 9.17) is 0 Å². The molecule has 1 unspecified atom stereocenters. The highest BCUT2D eigenvalue weighted by atomic mass is 16.1. The van der Waals surface area contributed by atoms with Crippen molar-refractivity contribution in [3.63, 3.8) is 0 Å². The smallest absolute Gasteiger partial charge is 0.220 e. The minimum Gasteiger partial charge on any atom is -0.356 e. The highest BCUT2D eigenvalue weighted by molar-refractivity contribution is 5.76. The maximum absolute atomic E-state index is 10.8. The number of carbonyl (C=O) groups excluding carboxylic acids is 1. The largest absolute Gasteiger partial charge is 0.356 e. The van der Waals surface area contributed by atoms with Crippen molar-refractivity contribution in [2.45, 2.75) is 32.6 Å². The zero-order chi connectivity index (χ0) is 7.40. The molecule has 0 spiro atoms. The average Bonchev–Trinajstić information content (AvgIpc) is 1.88. The van der Waals surface area contributed by atoms with E-state index in [-0.39, 0.29) is 5.91 Å². The number of rotatable bonds is 2. The van der Waals surface area contributed by atoms with E-state index in [9.17, 15) is 4.79 Å². The van der Waals surface area contributed by atoms with Crippen LogP contribution in [0.15, 0.2) is 0 Å². The lowest BCUT2D eigenvalue weighted by Crippen LogP contribution is -2.33. The van der Waals surface area contributed by atoms with Crippen molar-refractivity contribution in [3.05, 3.63) is 0 Å². The summed E-state index contributed by atoms with van der Waals surface area (Å²) in [4.78, 5) is 10.8. The Hall–Kier alpha value is -0.530. The van der Waals surface area contributed by atoms with Crippen LogP contribution in [-0.2, 0) is 4.79 Å². The lowest BCUT2D eigenvalue weighted by Gasteiger charge is -2.20. The standard InChI is InChI=1S/C8H15NO/c1-2-3-7-4-5-9-8(10)6-7/h7H,2-6H2,1H3,(H,9,10). The van der Waals surface area contributed by atoms with Gasteiger partial charge in [0.2, 0.25) is 5.91 Å². The fourth-order valence-electron chi connectivity index (χ4n) is 1.51. The summed E-state index contributed by atoms with van der Waals surface area (Å²) >= 11 is 0. The van der Waals surface area contributed by atoms with Crippen LogP contribution in [-0.4, -0.2) is 12.5 Å². The Bertz CT molecular complexity index is 120. The quantitative estimate of drug-likeness (QED) is 0.617. The monoisotopic (exact) mass is 141 g/mol. The van der Waals surface area contributed by atoms with E-state index >= 15 is 0 Å². The summed E-state index contributed by atoms with van der Waals surface area (Å²) in [6, 6.07) is 0. The van der Waals surface area contributed by atoms with Crippen molar-refractivity contribution < 1.29 is 4.79 Å². The highest BCUT2D eigenvalue weighted by Gasteiger charge is 2.17. The molecule has 0 bridgehead atoms. The minimum atomic E-state index is 0.240. The van der Waals surface area contributed by atoms with Crippen molar-refractivity contribution in [2.75, 3.05) is 6.54 Å². The SMILES string of the molecule is CCCC1CCNC(=O)C1. The predicted octanol–water partition coefficient (Wildman–Crippen LogP) is 1.31. The first-order valence-electron chi connectivity index (χ1n) is 4.09. The van der Waals surface area contributed by atoms with Gasteiger partial charge in [-0.25, -0.2) is 0 Å². The van der Waals surface area contributed by atoms with Crippen LogP contribution >= 0.6 is 0 Å². The molecule has 2 nitrogen and oxygen atoms in total. The Kier molecular flexibility index (Phi) is 2.72. The molecule has 0 aliphatic carbocycles. The van der Waals surface area contributed by atoms with Gasteiger partial charge in [-0.15, -0.1) is 0 Å². The van der Waals surface area contributed by atoms with Crippen LogP contribution in [0.25, 0.3) is 0 Å². The van der Waals surface area contributed by atoms with Crippen LogP contribution in [0.2, 0.25) is 0 Å². The van der Waals surface area contributed by atoms with Crippen LogP contribution in [0, 0.1) is 5.92 Å². The molecule has 0 radical (unpaired) electrons. The fourth-order valence-corrected chi connectivity index (χ4v) is 1.51. The Morgan fingerprint density at radius 3 is 3.10 bits per heavy atom. The van der Waals surface area contributed by atoms with Crippen LogP contribution in [0.3, 0.4) is 0 Å². The van der Waals surface area contributed by atoms with Gasteiger partial charge in [-0.3, -0.25) is 4.79 Å². The molecule has 1 saturated heterocycles. The molecule has 0 aromatic rings. The third-order valence-electron chi connectivity index (χ3n) is 2.05. The normalized spacial score (nSPS) is 26.1. The van der Waals surface area contributed by atoms with E-state index in [1.54, 1.807) is 0 Å². The molecule has 1 heterocycles. The van der Waals surface area contributed by atoms with Crippen molar-refractivity contribution >= 4 is 5.91 Å². The number of hydrogen-bond donors (Lipinski definition) is 1. The van der Waals surface area contributed by atoms with Gasteiger partial charge in [0.1, 0.15) is 0 Å². The van der Waals surface area contributed by atoms with Gasteiger partial charge in [0.25, 0.3) is 0 Å². The molecule has 1 fully saturated rings. The lowest BCUT2D eigenvalue weighted by atomic mass is 9.93. The van der Waals surface area contributed by atoms with Gasteiger partial charge in [-0.1, -0.05) is 19.8 Å². The average molecular weight is 141 g/mol. The highest BCUT2D eigenvalue weighted by Crippen LogP contribution is 2.17. The number of hydrogen-bond acceptors (Lipinski definition) is 1. The summed E-state index contributed by atoms with van der Waals surface area (Å²) in [5.74, 6) is 0.906. The molecule has 1 aliphatic rings. The van der Waals surface area contributed by atoms with Crippen LogP contribution in [0.1, 0.15) is 32.6 Å². The Morgan fingerprint density at radius 2 is 2.50 bits per heavy atom. The first-order chi connectivity index (χ1) is 4.83. The van der Waals surface area contributed by atoms with E-state index in [1.807, 2.05) is 0 Å². The van der Waals surface area contributed by atoms with Crippen molar-refractivity contribution in [3.8, 4) is 0 Å². The molecule has 1 aliphatic heterocycles. The number of carbonyl (C=O) groups is 1. The minimum absolute atomic E-state index is 0.240. The first kappa shape index (κ1) is 7.58. The fraction of sp³-hybridized carbons (Fsp3) is 0.875. The van der Waals surface area contributed by atoms with E-state index in [1.165, 1.54) is 19.3 Å². The van der Waals surface area contributed by atoms with Crippen LogP contribution in [0.5, 0.6) is 0 Å². The zero-order valence-corrected chi connectivity index (χ0v) is 6.52. The molecule has 0 aromatic heterocycles. The van der Waals surface area contributed by atoms with E-state index in [0.29, 0.717) is 5.92 Å². The first-order valence-corrected chi connectivity index (χ1v) is 4.09. The molecule has 1 rings (SSSR count). The van der Waals surface area contributed by atoms with E-state index in [0.717, 1.165) is 13.0 Å². The van der Waals surface area contributed by atoms with Crippen LogP contribution < -0.4 is 5.32 Å².